The number of hydrogen-bond donors (Lipinski definition) is 1. The fourth-order valence-corrected chi connectivity index (χ4v) is 8.13. The molecule has 0 saturated heterocycles. The number of fused-ring (bicyclic) bond motifs is 3. The van der Waals surface area contributed by atoms with Crippen molar-refractivity contribution in [1.29, 1.82) is 0 Å². The lowest BCUT2D eigenvalue weighted by Gasteiger charge is -2.15. The highest BCUT2D eigenvalue weighted by Crippen LogP contribution is 2.53. The summed E-state index contributed by atoms with van der Waals surface area (Å²) >= 11 is 3.36. The molecule has 2 nitrogen and oxygen atoms in total. The fourth-order valence-electron chi connectivity index (χ4n) is 2.54. The average molecular weight is 317 g/mol. The maximum Gasteiger partial charge on any atom is 0.207 e. The molecule has 0 unspecified atom stereocenters. The van der Waals surface area contributed by atoms with Crippen LogP contribution in [0.25, 0.3) is 9.75 Å². The Morgan fingerprint density at radius 1 is 0.900 bits per heavy atom. The van der Waals surface area contributed by atoms with E-state index in [1.165, 1.54) is 9.75 Å². The molecular formula is C15H12NOPS2. The maximum atomic E-state index is 13.5. The van der Waals surface area contributed by atoms with Gasteiger partial charge in [0.1, 0.15) is 0 Å². The Balaban J connectivity index is 1.73. The van der Waals surface area contributed by atoms with Crippen molar-refractivity contribution < 1.29 is 4.57 Å². The van der Waals surface area contributed by atoms with Crippen molar-refractivity contribution in [3.05, 3.63) is 58.8 Å². The van der Waals surface area contributed by atoms with Crippen LogP contribution in [0.4, 0.5) is 0 Å². The average Bonchev–Trinajstić information content (AvgIpc) is 3.16. The normalized spacial score (nSPS) is 15.0. The summed E-state index contributed by atoms with van der Waals surface area (Å²) in [7, 11) is -2.65. The highest BCUT2D eigenvalue weighted by Gasteiger charge is 2.40. The van der Waals surface area contributed by atoms with Crippen molar-refractivity contribution in [2.45, 2.75) is 6.54 Å². The van der Waals surface area contributed by atoms with E-state index in [9.17, 15) is 4.57 Å². The van der Waals surface area contributed by atoms with E-state index in [4.69, 9.17) is 0 Å². The molecule has 1 N–H and O–H groups in total. The van der Waals surface area contributed by atoms with Crippen molar-refractivity contribution in [2.24, 2.45) is 0 Å². The number of hydrogen-bond acceptors (Lipinski definition) is 3. The predicted octanol–water partition coefficient (Wildman–Crippen LogP) is 3.81. The monoisotopic (exact) mass is 317 g/mol. The Bertz CT molecular complexity index is 762. The first kappa shape index (κ1) is 12.5. The van der Waals surface area contributed by atoms with Crippen LogP contribution in [0, 0.1) is 0 Å². The Hall–Kier alpha value is -1.19. The van der Waals surface area contributed by atoms with Crippen LogP contribution in [0.3, 0.4) is 0 Å². The van der Waals surface area contributed by atoms with Crippen LogP contribution in [0.1, 0.15) is 5.56 Å². The lowest BCUT2D eigenvalue weighted by Crippen LogP contribution is -2.22. The zero-order valence-corrected chi connectivity index (χ0v) is 13.1. The summed E-state index contributed by atoms with van der Waals surface area (Å²) < 4.78 is 13.5. The first-order valence-electron chi connectivity index (χ1n) is 6.34. The molecule has 3 heterocycles. The molecule has 0 spiro atoms. The van der Waals surface area contributed by atoms with Crippen LogP contribution in [-0.4, -0.2) is 0 Å². The summed E-state index contributed by atoms with van der Waals surface area (Å²) in [5.74, 6) is 0. The lowest BCUT2D eigenvalue weighted by molar-refractivity contribution is 0.578. The molecule has 0 saturated carbocycles. The highest BCUT2D eigenvalue weighted by atomic mass is 32.1. The third-order valence-corrected chi connectivity index (χ3v) is 8.52. The first-order valence-corrected chi connectivity index (χ1v) is 9.81. The van der Waals surface area contributed by atoms with Gasteiger partial charge in [-0.3, -0.25) is 9.65 Å². The van der Waals surface area contributed by atoms with Crippen molar-refractivity contribution in [3.63, 3.8) is 0 Å². The van der Waals surface area contributed by atoms with Gasteiger partial charge in [0.2, 0.25) is 7.29 Å². The van der Waals surface area contributed by atoms with Gasteiger partial charge in [-0.15, -0.1) is 22.7 Å². The Kier molecular flexibility index (Phi) is 2.93. The summed E-state index contributed by atoms with van der Waals surface area (Å²) in [6, 6.07) is 14.1. The smallest absolute Gasteiger partial charge is 0.207 e. The third-order valence-electron chi connectivity index (χ3n) is 3.52. The molecule has 4 rings (SSSR count). The number of thiophene rings is 2. The molecule has 20 heavy (non-hydrogen) atoms. The zero-order chi connectivity index (χ0) is 13.6. The van der Waals surface area contributed by atoms with Gasteiger partial charge in [-0.05, 0) is 28.5 Å². The van der Waals surface area contributed by atoms with Gasteiger partial charge in [0.05, 0.1) is 9.75 Å². The molecular weight excluding hydrogens is 305 g/mol. The van der Waals surface area contributed by atoms with Crippen molar-refractivity contribution in [1.82, 2.24) is 5.09 Å². The molecule has 3 aromatic rings. The molecule has 0 amide bonds. The summed E-state index contributed by atoms with van der Waals surface area (Å²) in [4.78, 5) is 2.36. The molecule has 1 aliphatic rings. The van der Waals surface area contributed by atoms with Crippen molar-refractivity contribution in [2.75, 3.05) is 0 Å². The zero-order valence-electron chi connectivity index (χ0n) is 10.6. The fraction of sp³-hybridized carbons (Fsp3) is 0.0667. The molecule has 1 aliphatic heterocycles. The topological polar surface area (TPSA) is 29.1 Å². The Labute approximate surface area is 125 Å². The minimum Gasteiger partial charge on any atom is -0.296 e. The van der Waals surface area contributed by atoms with Gasteiger partial charge >= 0.3 is 0 Å². The standard InChI is InChI=1S/C15H12NOPS2/c17-18(16-10-11-4-2-1-3-5-11)12-6-8-19-14(12)15-13(18)7-9-20-15/h1-9H,10H2,(H,16,17). The quantitative estimate of drug-likeness (QED) is 0.744. The number of rotatable bonds is 3. The second-order valence-corrected chi connectivity index (χ2v) is 9.03. The van der Waals surface area contributed by atoms with Crippen LogP contribution in [-0.2, 0) is 11.1 Å². The molecule has 0 atom stereocenters. The van der Waals surface area contributed by atoms with Crippen LogP contribution in [0.5, 0.6) is 0 Å². The van der Waals surface area contributed by atoms with Crippen LogP contribution in [0.2, 0.25) is 0 Å². The van der Waals surface area contributed by atoms with Crippen molar-refractivity contribution in [3.8, 4) is 9.75 Å². The van der Waals surface area contributed by atoms with Gasteiger partial charge in [0.25, 0.3) is 0 Å². The summed E-state index contributed by atoms with van der Waals surface area (Å²) in [6.07, 6.45) is 0. The van der Waals surface area contributed by atoms with Crippen molar-refractivity contribution >= 4 is 40.6 Å². The summed E-state index contributed by atoms with van der Waals surface area (Å²) in [5, 5.41) is 9.36. The largest absolute Gasteiger partial charge is 0.296 e. The van der Waals surface area contributed by atoms with E-state index in [2.05, 4.69) is 17.2 Å². The van der Waals surface area contributed by atoms with Crippen LogP contribution in [0.15, 0.2) is 53.2 Å². The van der Waals surface area contributed by atoms with Gasteiger partial charge in [0.15, 0.2) is 0 Å². The molecule has 0 aliphatic carbocycles. The van der Waals surface area contributed by atoms with E-state index in [1.54, 1.807) is 22.7 Å². The predicted molar refractivity (Wildman–Crippen MR) is 87.8 cm³/mol. The Morgan fingerprint density at radius 2 is 1.50 bits per heavy atom. The van der Waals surface area contributed by atoms with Gasteiger partial charge in [0, 0.05) is 17.2 Å². The number of nitrogens with one attached hydrogen (secondary N) is 1. The molecule has 0 fully saturated rings. The second kappa shape index (κ2) is 4.68. The minimum atomic E-state index is -2.65. The summed E-state index contributed by atoms with van der Waals surface area (Å²) in [5.41, 5.74) is 1.16. The van der Waals surface area contributed by atoms with Crippen LogP contribution >= 0.6 is 30.0 Å². The molecule has 2 aromatic heterocycles. The third kappa shape index (κ3) is 1.76. The van der Waals surface area contributed by atoms with Gasteiger partial charge in [-0.25, -0.2) is 0 Å². The van der Waals surface area contributed by atoms with E-state index in [-0.39, 0.29) is 0 Å². The molecule has 0 bridgehead atoms. The van der Waals surface area contributed by atoms with Gasteiger partial charge in [-0.1, -0.05) is 30.3 Å². The minimum absolute atomic E-state index is 0.628. The number of benzene rings is 1. The lowest BCUT2D eigenvalue weighted by atomic mass is 10.2. The maximum absolute atomic E-state index is 13.5. The van der Waals surface area contributed by atoms with Crippen LogP contribution < -0.4 is 15.7 Å². The van der Waals surface area contributed by atoms with Gasteiger partial charge < -0.3 is 0 Å². The Morgan fingerprint density at radius 3 is 2.10 bits per heavy atom. The highest BCUT2D eigenvalue weighted by molar-refractivity contribution is 7.79. The molecule has 1 aromatic carbocycles. The second-order valence-electron chi connectivity index (χ2n) is 4.70. The van der Waals surface area contributed by atoms with E-state index in [0.717, 1.165) is 16.2 Å². The molecule has 5 heteroatoms. The van der Waals surface area contributed by atoms with E-state index < -0.39 is 7.29 Å². The molecule has 0 radical (unpaired) electrons. The van der Waals surface area contributed by atoms with Gasteiger partial charge in [-0.2, -0.15) is 0 Å². The first-order chi connectivity index (χ1) is 9.79. The molecule has 100 valence electrons. The summed E-state index contributed by atoms with van der Waals surface area (Å²) in [6.45, 7) is 0.628. The van der Waals surface area contributed by atoms with E-state index >= 15 is 0 Å². The van der Waals surface area contributed by atoms with E-state index in [0.29, 0.717) is 6.54 Å². The SMILES string of the molecule is O=P1(NCc2ccccc2)c2ccsc2-c2sccc21. The van der Waals surface area contributed by atoms with E-state index in [1.807, 2.05) is 41.1 Å².